The first kappa shape index (κ1) is 17.8. The minimum absolute atomic E-state index is 0.0507. The summed E-state index contributed by atoms with van der Waals surface area (Å²) in [6.45, 7) is 0. The van der Waals surface area contributed by atoms with Crippen LogP contribution in [0.5, 0.6) is 11.5 Å². The van der Waals surface area contributed by atoms with Crippen molar-refractivity contribution < 1.29 is 24.2 Å². The fourth-order valence-electron chi connectivity index (χ4n) is 2.93. The van der Waals surface area contributed by atoms with Crippen LogP contribution in [-0.4, -0.2) is 22.9 Å². The van der Waals surface area contributed by atoms with Crippen LogP contribution >= 0.6 is 11.6 Å². The van der Waals surface area contributed by atoms with Crippen molar-refractivity contribution in [3.05, 3.63) is 88.4 Å². The summed E-state index contributed by atoms with van der Waals surface area (Å²) in [5.41, 5.74) is 0.549. The number of carbonyl (C=O) groups excluding carboxylic acids is 2. The van der Waals surface area contributed by atoms with E-state index in [1.165, 1.54) is 18.2 Å². The third kappa shape index (κ3) is 3.00. The number of nitrogens with zero attached hydrogens (tertiary/aromatic N) is 1. The Morgan fingerprint density at radius 1 is 0.893 bits per heavy atom. The molecule has 0 saturated heterocycles. The molecule has 138 valence electrons. The molecule has 0 fully saturated rings. The van der Waals surface area contributed by atoms with Gasteiger partial charge >= 0.3 is 5.97 Å². The van der Waals surface area contributed by atoms with Gasteiger partial charge in [0.25, 0.3) is 11.8 Å². The van der Waals surface area contributed by atoms with Crippen LogP contribution < -0.4 is 9.64 Å². The van der Waals surface area contributed by atoms with Gasteiger partial charge in [0.05, 0.1) is 27.4 Å². The van der Waals surface area contributed by atoms with E-state index in [9.17, 15) is 14.4 Å². The number of imide groups is 1. The molecule has 1 N–H and O–H groups in total. The number of benzene rings is 3. The molecule has 1 heterocycles. The van der Waals surface area contributed by atoms with E-state index in [1.807, 2.05) is 0 Å². The molecule has 0 aromatic heterocycles. The molecule has 1 aliphatic heterocycles. The highest BCUT2D eigenvalue weighted by Crippen LogP contribution is 2.33. The maximum absolute atomic E-state index is 12.7. The van der Waals surface area contributed by atoms with Gasteiger partial charge in [-0.2, -0.15) is 0 Å². The van der Waals surface area contributed by atoms with Gasteiger partial charge in [0.15, 0.2) is 0 Å². The molecule has 2 amide bonds. The Bertz CT molecular complexity index is 1120. The topological polar surface area (TPSA) is 83.9 Å². The lowest BCUT2D eigenvalue weighted by Crippen LogP contribution is -2.29. The smallest absolute Gasteiger partial charge is 0.335 e. The van der Waals surface area contributed by atoms with Crippen molar-refractivity contribution in [2.45, 2.75) is 0 Å². The van der Waals surface area contributed by atoms with Crippen LogP contribution in [0.3, 0.4) is 0 Å². The molecule has 7 heteroatoms. The van der Waals surface area contributed by atoms with E-state index in [-0.39, 0.29) is 16.7 Å². The highest BCUT2D eigenvalue weighted by Gasteiger charge is 2.37. The van der Waals surface area contributed by atoms with Gasteiger partial charge in [-0.1, -0.05) is 23.7 Å². The zero-order chi connectivity index (χ0) is 19.8. The maximum atomic E-state index is 12.7. The van der Waals surface area contributed by atoms with E-state index in [4.69, 9.17) is 21.4 Å². The van der Waals surface area contributed by atoms with E-state index in [0.717, 1.165) is 4.90 Å². The van der Waals surface area contributed by atoms with Gasteiger partial charge in [0.1, 0.15) is 11.5 Å². The Hall–Kier alpha value is -3.64. The minimum atomic E-state index is -1.16. The third-order valence-electron chi connectivity index (χ3n) is 4.29. The summed E-state index contributed by atoms with van der Waals surface area (Å²) in [6, 6.07) is 17.3. The fourth-order valence-corrected chi connectivity index (χ4v) is 3.10. The number of fused-ring (bicyclic) bond motifs is 1. The highest BCUT2D eigenvalue weighted by molar-refractivity contribution is 6.34. The average molecular weight is 394 g/mol. The standard InChI is InChI=1S/C21H12ClNO5/c22-17-3-1-2-4-18(17)28-14-8-6-13(7-9-14)23-19(24)15-10-5-12(21(26)27)11-16(15)20(23)25/h1-11H,(H,26,27). The van der Waals surface area contributed by atoms with Crippen molar-refractivity contribution in [1.82, 2.24) is 0 Å². The predicted octanol–water partition coefficient (Wildman–Crippen LogP) is 4.63. The summed E-state index contributed by atoms with van der Waals surface area (Å²) in [4.78, 5) is 37.4. The first-order chi connectivity index (χ1) is 13.5. The van der Waals surface area contributed by atoms with Crippen LogP contribution in [0.2, 0.25) is 5.02 Å². The summed E-state index contributed by atoms with van der Waals surface area (Å²) in [5.74, 6) is -1.26. The predicted molar refractivity (Wildman–Crippen MR) is 103 cm³/mol. The second kappa shape index (κ2) is 6.83. The lowest BCUT2D eigenvalue weighted by Gasteiger charge is -2.14. The zero-order valence-corrected chi connectivity index (χ0v) is 15.0. The Labute approximate surface area is 164 Å². The van der Waals surface area contributed by atoms with E-state index < -0.39 is 17.8 Å². The fraction of sp³-hybridized carbons (Fsp3) is 0. The zero-order valence-electron chi connectivity index (χ0n) is 14.3. The molecule has 28 heavy (non-hydrogen) atoms. The van der Waals surface area contributed by atoms with E-state index in [2.05, 4.69) is 0 Å². The Morgan fingerprint density at radius 3 is 2.25 bits per heavy atom. The van der Waals surface area contributed by atoms with E-state index >= 15 is 0 Å². The van der Waals surface area contributed by atoms with Crippen molar-refractivity contribution in [2.75, 3.05) is 4.90 Å². The van der Waals surface area contributed by atoms with Crippen LogP contribution in [0.1, 0.15) is 31.1 Å². The summed E-state index contributed by atoms with van der Waals surface area (Å²) in [6.07, 6.45) is 0. The molecule has 3 aromatic rings. The largest absolute Gasteiger partial charge is 0.478 e. The van der Waals surface area contributed by atoms with Gasteiger partial charge in [-0.25, -0.2) is 9.69 Å². The molecule has 0 atom stereocenters. The van der Waals surface area contributed by atoms with Crippen molar-refractivity contribution in [2.24, 2.45) is 0 Å². The van der Waals surface area contributed by atoms with Crippen molar-refractivity contribution >= 4 is 35.1 Å². The third-order valence-corrected chi connectivity index (χ3v) is 4.61. The van der Waals surface area contributed by atoms with Crippen LogP contribution in [0, 0.1) is 0 Å². The van der Waals surface area contributed by atoms with Crippen LogP contribution in [0.4, 0.5) is 5.69 Å². The van der Waals surface area contributed by atoms with Gasteiger partial charge in [0.2, 0.25) is 0 Å². The number of carbonyl (C=O) groups is 3. The number of anilines is 1. The number of hydrogen-bond donors (Lipinski definition) is 1. The van der Waals surface area contributed by atoms with Crippen molar-refractivity contribution in [3.8, 4) is 11.5 Å². The number of ether oxygens (including phenoxy) is 1. The minimum Gasteiger partial charge on any atom is -0.478 e. The first-order valence-corrected chi connectivity index (χ1v) is 8.62. The molecule has 0 unspecified atom stereocenters. The van der Waals surface area contributed by atoms with E-state index in [1.54, 1.807) is 48.5 Å². The summed E-state index contributed by atoms with van der Waals surface area (Å²) in [7, 11) is 0. The van der Waals surface area contributed by atoms with Gasteiger partial charge in [-0.15, -0.1) is 0 Å². The number of para-hydroxylation sites is 1. The Balaban J connectivity index is 1.61. The molecular formula is C21H12ClNO5. The number of carboxylic acids is 1. The molecule has 6 nitrogen and oxygen atoms in total. The molecule has 0 spiro atoms. The summed E-state index contributed by atoms with van der Waals surface area (Å²) < 4.78 is 5.70. The average Bonchev–Trinajstić information content (AvgIpc) is 2.94. The molecule has 0 saturated carbocycles. The summed E-state index contributed by atoms with van der Waals surface area (Å²) >= 11 is 6.07. The van der Waals surface area contributed by atoms with Gasteiger partial charge in [-0.05, 0) is 54.6 Å². The number of aromatic carboxylic acids is 1. The second-order valence-electron chi connectivity index (χ2n) is 6.04. The molecule has 4 rings (SSSR count). The number of halogens is 1. The van der Waals surface area contributed by atoms with Gasteiger partial charge in [0, 0.05) is 0 Å². The Kier molecular flexibility index (Phi) is 4.33. The normalized spacial score (nSPS) is 12.8. The maximum Gasteiger partial charge on any atom is 0.335 e. The van der Waals surface area contributed by atoms with Crippen molar-refractivity contribution in [1.29, 1.82) is 0 Å². The van der Waals surface area contributed by atoms with Crippen LogP contribution in [-0.2, 0) is 0 Å². The van der Waals surface area contributed by atoms with Gasteiger partial charge in [-0.3, -0.25) is 9.59 Å². The monoisotopic (exact) mass is 393 g/mol. The molecule has 0 radical (unpaired) electrons. The molecule has 0 aliphatic carbocycles. The Morgan fingerprint density at radius 2 is 1.57 bits per heavy atom. The lowest BCUT2D eigenvalue weighted by molar-refractivity contribution is 0.0696. The number of amides is 2. The van der Waals surface area contributed by atoms with Crippen molar-refractivity contribution in [3.63, 3.8) is 0 Å². The number of hydrogen-bond acceptors (Lipinski definition) is 4. The van der Waals surface area contributed by atoms with Crippen LogP contribution in [0.25, 0.3) is 0 Å². The van der Waals surface area contributed by atoms with E-state index in [0.29, 0.717) is 22.2 Å². The number of rotatable bonds is 4. The first-order valence-electron chi connectivity index (χ1n) is 8.24. The highest BCUT2D eigenvalue weighted by atomic mass is 35.5. The molecular weight excluding hydrogens is 382 g/mol. The molecule has 1 aliphatic rings. The second-order valence-corrected chi connectivity index (χ2v) is 6.44. The quantitative estimate of drug-likeness (QED) is 0.653. The number of carboxylic acid groups (broad SMARTS) is 1. The lowest BCUT2D eigenvalue weighted by atomic mass is 10.1. The summed E-state index contributed by atoms with van der Waals surface area (Å²) in [5, 5.41) is 9.55. The van der Waals surface area contributed by atoms with Gasteiger partial charge < -0.3 is 9.84 Å². The SMILES string of the molecule is O=C(O)c1ccc2c(c1)C(=O)N(c1ccc(Oc3ccccc3Cl)cc1)C2=O. The molecule has 3 aromatic carbocycles. The van der Waals surface area contributed by atoms with Crippen LogP contribution in [0.15, 0.2) is 66.7 Å². The molecule has 0 bridgehead atoms.